The molecule has 1 N–H and O–H groups in total. The van der Waals surface area contributed by atoms with Gasteiger partial charge in [0.15, 0.2) is 6.29 Å². The molecule has 2 aromatic rings. The van der Waals surface area contributed by atoms with E-state index < -0.39 is 17.5 Å². The zero-order valence-electron chi connectivity index (χ0n) is 14.2. The zero-order valence-corrected chi connectivity index (χ0v) is 14.2. The third kappa shape index (κ3) is 3.16. The van der Waals surface area contributed by atoms with Gasteiger partial charge in [0.2, 0.25) is 0 Å². The van der Waals surface area contributed by atoms with Crippen LogP contribution in [0.3, 0.4) is 0 Å². The second kappa shape index (κ2) is 7.03. The van der Waals surface area contributed by atoms with E-state index in [1.165, 1.54) is 16.8 Å². The third-order valence-corrected chi connectivity index (χ3v) is 4.81. The van der Waals surface area contributed by atoms with Crippen molar-refractivity contribution in [2.75, 3.05) is 13.2 Å². The van der Waals surface area contributed by atoms with E-state index in [4.69, 9.17) is 14.2 Å². The Kier molecular flexibility index (Phi) is 4.58. The monoisotopic (exact) mass is 356 g/mol. The van der Waals surface area contributed by atoms with E-state index in [0.717, 1.165) is 5.56 Å². The molecule has 4 atom stereocenters. The molecule has 7 heteroatoms. The van der Waals surface area contributed by atoms with Crippen LogP contribution in [0.2, 0.25) is 0 Å². The minimum Gasteiger partial charge on any atom is -0.371 e. The van der Waals surface area contributed by atoms with Gasteiger partial charge in [-0.3, -0.25) is 14.3 Å². The molecule has 0 aliphatic carbocycles. The van der Waals surface area contributed by atoms with E-state index in [9.17, 15) is 9.59 Å². The lowest BCUT2D eigenvalue weighted by molar-refractivity contribution is -0.282. The lowest BCUT2D eigenvalue weighted by Crippen LogP contribution is -2.49. The van der Waals surface area contributed by atoms with Gasteiger partial charge in [0.05, 0.1) is 30.9 Å². The normalized spacial score (nSPS) is 28.3. The van der Waals surface area contributed by atoms with Crippen molar-refractivity contribution in [2.45, 2.75) is 31.0 Å². The van der Waals surface area contributed by atoms with E-state index in [2.05, 4.69) is 11.6 Å². The maximum atomic E-state index is 12.2. The first-order valence-electron chi connectivity index (χ1n) is 8.57. The lowest BCUT2D eigenvalue weighted by atomic mass is 10.00. The van der Waals surface area contributed by atoms with Gasteiger partial charge in [0.1, 0.15) is 6.10 Å². The molecule has 2 aliphatic rings. The molecule has 0 amide bonds. The molecular formula is C19H20N2O5. The molecule has 3 heterocycles. The summed E-state index contributed by atoms with van der Waals surface area (Å²) in [5.41, 5.74) is 0.395. The highest BCUT2D eigenvalue weighted by Crippen LogP contribution is 2.34. The molecule has 2 fully saturated rings. The molecule has 0 radical (unpaired) electrons. The summed E-state index contributed by atoms with van der Waals surface area (Å²) < 4.78 is 19.2. The molecule has 136 valence electrons. The molecule has 26 heavy (non-hydrogen) atoms. The number of H-pyrrole nitrogens is 1. The van der Waals surface area contributed by atoms with Crippen LogP contribution in [0.15, 0.2) is 52.7 Å². The van der Waals surface area contributed by atoms with Crippen molar-refractivity contribution in [3.63, 3.8) is 0 Å². The Morgan fingerprint density at radius 1 is 1.12 bits per heavy atom. The van der Waals surface area contributed by atoms with Crippen molar-refractivity contribution in [3.8, 4) is 0 Å². The molecule has 1 aromatic carbocycles. The van der Waals surface area contributed by atoms with Crippen LogP contribution in [-0.4, -0.2) is 35.0 Å². The standard InChI is InChI=1S/C19H20N2O5/c1-2-12-9-21(19(23)20-17(12)22)14-8-15-16(24-10-14)11-25-18(26-15)13-6-4-3-5-7-13/h2-7,9,14-16,18H,1,8,10-11H2,(H,20,22,23)/t14-,15-,16+,18+/m0/s1. The average molecular weight is 356 g/mol. The molecule has 0 saturated carbocycles. The highest BCUT2D eigenvalue weighted by atomic mass is 16.7. The van der Waals surface area contributed by atoms with Crippen molar-refractivity contribution < 1.29 is 14.2 Å². The summed E-state index contributed by atoms with van der Waals surface area (Å²) in [6.07, 6.45) is 2.74. The summed E-state index contributed by atoms with van der Waals surface area (Å²) in [7, 11) is 0. The minimum absolute atomic E-state index is 0.163. The summed E-state index contributed by atoms with van der Waals surface area (Å²) in [5.74, 6) is 0. The minimum atomic E-state index is -0.459. The number of hydrogen-bond donors (Lipinski definition) is 1. The van der Waals surface area contributed by atoms with Crippen LogP contribution in [0.1, 0.15) is 29.9 Å². The van der Waals surface area contributed by atoms with Crippen molar-refractivity contribution in [3.05, 3.63) is 75.1 Å². The predicted octanol–water partition coefficient (Wildman–Crippen LogP) is 1.62. The second-order valence-corrected chi connectivity index (χ2v) is 6.47. The van der Waals surface area contributed by atoms with E-state index in [0.29, 0.717) is 25.2 Å². The van der Waals surface area contributed by atoms with Gasteiger partial charge in [-0.25, -0.2) is 4.79 Å². The Morgan fingerprint density at radius 2 is 1.92 bits per heavy atom. The maximum Gasteiger partial charge on any atom is 0.328 e. The van der Waals surface area contributed by atoms with Gasteiger partial charge in [0, 0.05) is 11.8 Å². The van der Waals surface area contributed by atoms with Gasteiger partial charge in [-0.15, -0.1) is 0 Å². The van der Waals surface area contributed by atoms with Gasteiger partial charge in [-0.05, 0) is 6.42 Å². The number of ether oxygens (including phenoxy) is 3. The first-order valence-corrected chi connectivity index (χ1v) is 8.57. The van der Waals surface area contributed by atoms with E-state index >= 15 is 0 Å². The molecule has 0 unspecified atom stereocenters. The van der Waals surface area contributed by atoms with Crippen molar-refractivity contribution >= 4 is 6.08 Å². The van der Waals surface area contributed by atoms with Gasteiger partial charge in [-0.1, -0.05) is 43.0 Å². The maximum absolute atomic E-state index is 12.2. The molecule has 0 spiro atoms. The van der Waals surface area contributed by atoms with Crippen LogP contribution in [0.25, 0.3) is 6.08 Å². The van der Waals surface area contributed by atoms with E-state index in [-0.39, 0.29) is 18.2 Å². The topological polar surface area (TPSA) is 82.6 Å². The van der Waals surface area contributed by atoms with Gasteiger partial charge < -0.3 is 14.2 Å². The van der Waals surface area contributed by atoms with Crippen molar-refractivity contribution in [1.29, 1.82) is 0 Å². The quantitative estimate of drug-likeness (QED) is 0.904. The highest BCUT2D eigenvalue weighted by Gasteiger charge is 2.39. The van der Waals surface area contributed by atoms with Crippen molar-refractivity contribution in [1.82, 2.24) is 9.55 Å². The number of nitrogens with one attached hydrogen (secondary N) is 1. The van der Waals surface area contributed by atoms with Crippen molar-refractivity contribution in [2.24, 2.45) is 0 Å². The lowest BCUT2D eigenvalue weighted by Gasteiger charge is -2.42. The Hall–Kier alpha value is -2.48. The Labute approximate surface area is 149 Å². The summed E-state index contributed by atoms with van der Waals surface area (Å²) in [5, 5.41) is 0. The Morgan fingerprint density at radius 3 is 2.69 bits per heavy atom. The first-order chi connectivity index (χ1) is 12.7. The summed E-state index contributed by atoms with van der Waals surface area (Å²) >= 11 is 0. The molecule has 7 nitrogen and oxygen atoms in total. The number of aromatic amines is 1. The number of hydrogen-bond acceptors (Lipinski definition) is 5. The van der Waals surface area contributed by atoms with Crippen LogP contribution in [0.4, 0.5) is 0 Å². The van der Waals surface area contributed by atoms with Gasteiger partial charge in [0.25, 0.3) is 5.56 Å². The molecule has 2 saturated heterocycles. The van der Waals surface area contributed by atoms with Gasteiger partial charge >= 0.3 is 5.69 Å². The summed E-state index contributed by atoms with van der Waals surface area (Å²) in [6.45, 7) is 4.40. The number of rotatable bonds is 3. The Balaban J connectivity index is 1.55. The number of fused-ring (bicyclic) bond motifs is 1. The average Bonchev–Trinajstić information content (AvgIpc) is 2.68. The second-order valence-electron chi connectivity index (χ2n) is 6.47. The van der Waals surface area contributed by atoms with Crippen LogP contribution in [0, 0.1) is 0 Å². The fraction of sp³-hybridized carbons (Fsp3) is 0.368. The van der Waals surface area contributed by atoms with Crippen LogP contribution < -0.4 is 11.2 Å². The smallest absolute Gasteiger partial charge is 0.328 e. The molecule has 0 bridgehead atoms. The van der Waals surface area contributed by atoms with Crippen LogP contribution >= 0.6 is 0 Å². The van der Waals surface area contributed by atoms with E-state index in [1.54, 1.807) is 0 Å². The molecule has 1 aromatic heterocycles. The highest BCUT2D eigenvalue weighted by molar-refractivity contribution is 5.43. The molecule has 2 aliphatic heterocycles. The van der Waals surface area contributed by atoms with E-state index in [1.807, 2.05) is 30.3 Å². The van der Waals surface area contributed by atoms with Crippen LogP contribution in [-0.2, 0) is 14.2 Å². The first kappa shape index (κ1) is 17.0. The fourth-order valence-electron chi connectivity index (χ4n) is 3.41. The number of aromatic nitrogens is 2. The predicted molar refractivity (Wildman–Crippen MR) is 94.8 cm³/mol. The zero-order chi connectivity index (χ0) is 18.1. The fourth-order valence-corrected chi connectivity index (χ4v) is 3.41. The number of benzene rings is 1. The third-order valence-electron chi connectivity index (χ3n) is 4.81. The molecule has 4 rings (SSSR count). The largest absolute Gasteiger partial charge is 0.371 e. The Bertz CT molecular complexity index is 904. The van der Waals surface area contributed by atoms with Crippen LogP contribution in [0.5, 0.6) is 0 Å². The summed E-state index contributed by atoms with van der Waals surface area (Å²) in [4.78, 5) is 26.2. The van der Waals surface area contributed by atoms with Gasteiger partial charge in [-0.2, -0.15) is 0 Å². The summed E-state index contributed by atoms with van der Waals surface area (Å²) in [6, 6.07) is 9.49. The SMILES string of the molecule is C=Cc1cn([C@@H]2CO[C@@H]3CO[C@@H](c4ccccc4)O[C@H]3C2)c(=O)[nH]c1=O. The molecular weight excluding hydrogens is 336 g/mol. The number of nitrogens with zero attached hydrogens (tertiary/aromatic N) is 1.